The minimum atomic E-state index is -1.01. The molecule has 2 aromatic rings. The van der Waals surface area contributed by atoms with Crippen LogP contribution in [0.4, 0.5) is 10.2 Å². The molecule has 4 rings (SSSR count). The smallest absolute Gasteiger partial charge is 0.325 e. The Hall–Kier alpha value is -2.91. The van der Waals surface area contributed by atoms with Crippen LogP contribution in [0.15, 0.2) is 18.2 Å². The minimum absolute atomic E-state index is 0.0329. The Bertz CT molecular complexity index is 1140. The van der Waals surface area contributed by atoms with E-state index in [2.05, 4.69) is 11.4 Å². The van der Waals surface area contributed by atoms with Crippen molar-refractivity contribution in [2.75, 3.05) is 45.3 Å². The standard InChI is InChI=1S/C31H44FN3O5/c1-5-39-29-25(16-21(20(2)3)17-26(29)32)28(31(36)37)35-14-12-23(19-35)40-15-8-6-7-10-22-18-27(38-4)24-11-9-13-33-30(24)34-22/h16-18,20,23,28H,5-15,19H2,1-4H3,(H,33,34)(H,36,37)/t23-,28?/m1/s1. The van der Waals surface area contributed by atoms with Crippen LogP contribution < -0.4 is 14.8 Å². The topological polar surface area (TPSA) is 93.2 Å². The molecule has 1 saturated heterocycles. The fourth-order valence-corrected chi connectivity index (χ4v) is 5.68. The number of likely N-dealkylation sites (tertiary alicyclic amines) is 1. The summed E-state index contributed by atoms with van der Waals surface area (Å²) in [6.07, 6.45) is 6.62. The summed E-state index contributed by atoms with van der Waals surface area (Å²) in [4.78, 5) is 19.1. The second kappa shape index (κ2) is 14.1. The zero-order valence-corrected chi connectivity index (χ0v) is 24.3. The molecule has 1 aromatic carbocycles. The molecule has 1 unspecified atom stereocenters. The highest BCUT2D eigenvalue weighted by atomic mass is 19.1. The number of aromatic nitrogens is 1. The SMILES string of the molecule is CCOc1c(F)cc(C(C)C)cc1C(C(=O)O)N1CC[C@@H](OCCCCCc2cc(OC)c3c(n2)NCCC3)C1. The molecule has 1 fully saturated rings. The number of aryl methyl sites for hydroxylation is 1. The number of hydrogen-bond donors (Lipinski definition) is 2. The van der Waals surface area contributed by atoms with Crippen LogP contribution >= 0.6 is 0 Å². The first-order chi connectivity index (χ1) is 19.3. The molecule has 3 heterocycles. The van der Waals surface area contributed by atoms with Crippen molar-refractivity contribution in [2.24, 2.45) is 0 Å². The summed E-state index contributed by atoms with van der Waals surface area (Å²) in [5, 5.41) is 13.6. The Morgan fingerprint density at radius 3 is 2.80 bits per heavy atom. The van der Waals surface area contributed by atoms with E-state index in [1.165, 1.54) is 11.6 Å². The van der Waals surface area contributed by atoms with Crippen LogP contribution in [0.1, 0.15) is 87.2 Å². The van der Waals surface area contributed by atoms with Crippen LogP contribution in [0.3, 0.4) is 0 Å². The number of nitrogens with zero attached hydrogens (tertiary/aromatic N) is 2. The maximum absolute atomic E-state index is 15.0. The summed E-state index contributed by atoms with van der Waals surface area (Å²) in [6, 6.07) is 4.31. The zero-order valence-electron chi connectivity index (χ0n) is 24.3. The van der Waals surface area contributed by atoms with E-state index in [4.69, 9.17) is 19.2 Å². The number of rotatable bonds is 14. The lowest BCUT2D eigenvalue weighted by Crippen LogP contribution is -2.34. The maximum atomic E-state index is 15.0. The number of ether oxygens (including phenoxy) is 3. The molecule has 8 nitrogen and oxygen atoms in total. The van der Waals surface area contributed by atoms with Crippen molar-refractivity contribution >= 4 is 11.8 Å². The van der Waals surface area contributed by atoms with E-state index in [9.17, 15) is 14.3 Å². The maximum Gasteiger partial charge on any atom is 0.325 e. The average Bonchev–Trinajstić information content (AvgIpc) is 3.39. The predicted octanol–water partition coefficient (Wildman–Crippen LogP) is 5.74. The summed E-state index contributed by atoms with van der Waals surface area (Å²) in [5.41, 5.74) is 3.35. The third kappa shape index (κ3) is 7.23. The van der Waals surface area contributed by atoms with Crippen molar-refractivity contribution in [3.63, 3.8) is 0 Å². The normalized spacial score (nSPS) is 17.9. The molecule has 40 heavy (non-hydrogen) atoms. The van der Waals surface area contributed by atoms with Gasteiger partial charge in [-0.15, -0.1) is 0 Å². The molecule has 0 radical (unpaired) electrons. The molecule has 9 heteroatoms. The van der Waals surface area contributed by atoms with Crippen molar-refractivity contribution < 1.29 is 28.5 Å². The monoisotopic (exact) mass is 557 g/mol. The van der Waals surface area contributed by atoms with E-state index < -0.39 is 17.8 Å². The number of aliphatic carboxylic acids is 1. The second-order valence-corrected chi connectivity index (χ2v) is 11.0. The Labute approximate surface area is 237 Å². The third-order valence-electron chi connectivity index (χ3n) is 7.80. The fraction of sp³-hybridized carbons (Fsp3) is 0.613. The molecule has 0 amide bonds. The van der Waals surface area contributed by atoms with Crippen LogP contribution in [-0.2, 0) is 22.4 Å². The number of methoxy groups -OCH3 is 1. The molecular weight excluding hydrogens is 513 g/mol. The van der Waals surface area contributed by atoms with Crippen molar-refractivity contribution in [1.82, 2.24) is 9.88 Å². The number of unbranched alkanes of at least 4 members (excludes halogenated alkanes) is 2. The van der Waals surface area contributed by atoms with E-state index in [-0.39, 0.29) is 24.4 Å². The lowest BCUT2D eigenvalue weighted by atomic mass is 9.95. The first kappa shape index (κ1) is 30.1. The van der Waals surface area contributed by atoms with Crippen molar-refractivity contribution in [1.29, 1.82) is 0 Å². The number of carboxylic acid groups (broad SMARTS) is 1. The molecule has 2 aliphatic rings. The quantitative estimate of drug-likeness (QED) is 0.284. The van der Waals surface area contributed by atoms with E-state index in [0.29, 0.717) is 25.3 Å². The van der Waals surface area contributed by atoms with Crippen molar-refractivity contribution in [3.8, 4) is 11.5 Å². The van der Waals surface area contributed by atoms with Gasteiger partial charge in [0.1, 0.15) is 17.6 Å². The van der Waals surface area contributed by atoms with Gasteiger partial charge < -0.3 is 24.6 Å². The van der Waals surface area contributed by atoms with Crippen LogP contribution in [0.25, 0.3) is 0 Å². The van der Waals surface area contributed by atoms with Crippen LogP contribution in [0.2, 0.25) is 0 Å². The van der Waals surface area contributed by atoms with Gasteiger partial charge in [-0.05, 0) is 69.1 Å². The highest BCUT2D eigenvalue weighted by Crippen LogP contribution is 2.37. The van der Waals surface area contributed by atoms with Gasteiger partial charge in [0.05, 0.1) is 19.8 Å². The summed E-state index contributed by atoms with van der Waals surface area (Å²) >= 11 is 0. The van der Waals surface area contributed by atoms with Gasteiger partial charge in [0.25, 0.3) is 0 Å². The first-order valence-electron chi connectivity index (χ1n) is 14.7. The van der Waals surface area contributed by atoms with Crippen LogP contribution in [-0.4, -0.2) is 67.0 Å². The molecule has 1 aromatic heterocycles. The molecule has 0 saturated carbocycles. The molecule has 2 atom stereocenters. The predicted molar refractivity (Wildman–Crippen MR) is 153 cm³/mol. The Balaban J connectivity index is 1.28. The average molecular weight is 558 g/mol. The van der Waals surface area contributed by atoms with Gasteiger partial charge in [0, 0.05) is 49.1 Å². The van der Waals surface area contributed by atoms with Crippen LogP contribution in [0.5, 0.6) is 11.5 Å². The number of carbonyl (C=O) groups is 1. The Kier molecular flexibility index (Phi) is 10.6. The molecule has 0 spiro atoms. The number of carboxylic acids is 1. The van der Waals surface area contributed by atoms with Gasteiger partial charge >= 0.3 is 5.97 Å². The van der Waals surface area contributed by atoms with E-state index in [1.807, 2.05) is 18.7 Å². The third-order valence-corrected chi connectivity index (χ3v) is 7.80. The number of nitrogens with one attached hydrogen (secondary N) is 1. The highest BCUT2D eigenvalue weighted by Gasteiger charge is 2.37. The molecule has 220 valence electrons. The summed E-state index contributed by atoms with van der Waals surface area (Å²) in [7, 11) is 1.72. The van der Waals surface area contributed by atoms with Gasteiger partial charge in [-0.2, -0.15) is 0 Å². The van der Waals surface area contributed by atoms with Gasteiger partial charge in [-0.3, -0.25) is 9.69 Å². The minimum Gasteiger partial charge on any atom is -0.496 e. The first-order valence-corrected chi connectivity index (χ1v) is 14.7. The van der Waals surface area contributed by atoms with Gasteiger partial charge in [-0.1, -0.05) is 20.3 Å². The summed E-state index contributed by atoms with van der Waals surface area (Å²) in [5.74, 6) is 0.459. The van der Waals surface area contributed by atoms with E-state index in [1.54, 1.807) is 20.1 Å². The number of hydrogen-bond acceptors (Lipinski definition) is 7. The summed E-state index contributed by atoms with van der Waals surface area (Å²) < 4.78 is 32.3. The van der Waals surface area contributed by atoms with Gasteiger partial charge in [0.2, 0.25) is 0 Å². The van der Waals surface area contributed by atoms with Crippen LogP contribution in [0, 0.1) is 5.82 Å². The molecule has 0 bridgehead atoms. The van der Waals surface area contributed by atoms with Gasteiger partial charge in [0.15, 0.2) is 11.6 Å². The fourth-order valence-electron chi connectivity index (χ4n) is 5.68. The molecular formula is C31H44FN3O5. The number of halogens is 1. The van der Waals surface area contributed by atoms with E-state index >= 15 is 0 Å². The Morgan fingerprint density at radius 1 is 1.25 bits per heavy atom. The van der Waals surface area contributed by atoms with Crippen molar-refractivity contribution in [3.05, 3.63) is 46.4 Å². The Morgan fingerprint density at radius 2 is 2.08 bits per heavy atom. The zero-order chi connectivity index (χ0) is 28.6. The highest BCUT2D eigenvalue weighted by molar-refractivity contribution is 5.77. The second-order valence-electron chi connectivity index (χ2n) is 11.0. The molecule has 2 aliphatic heterocycles. The van der Waals surface area contributed by atoms with Crippen molar-refractivity contribution in [2.45, 2.75) is 83.8 Å². The number of anilines is 1. The molecule has 2 N–H and O–H groups in total. The lowest BCUT2D eigenvalue weighted by molar-refractivity contribution is -0.143. The number of fused-ring (bicyclic) bond motifs is 1. The largest absolute Gasteiger partial charge is 0.496 e. The van der Waals surface area contributed by atoms with E-state index in [0.717, 1.165) is 74.3 Å². The lowest BCUT2D eigenvalue weighted by Gasteiger charge is -2.27. The number of benzene rings is 1. The number of pyridine rings is 1. The molecule has 0 aliphatic carbocycles. The summed E-state index contributed by atoms with van der Waals surface area (Å²) in [6.45, 7) is 8.59. The van der Waals surface area contributed by atoms with Gasteiger partial charge in [-0.25, -0.2) is 9.37 Å².